The van der Waals surface area contributed by atoms with Crippen LogP contribution in [-0.2, 0) is 13.9 Å². The van der Waals surface area contributed by atoms with Gasteiger partial charge in [-0.3, -0.25) is 0 Å². The Hall–Kier alpha value is 0.0269. The van der Waals surface area contributed by atoms with Crippen LogP contribution in [0.15, 0.2) is 0 Å². The van der Waals surface area contributed by atoms with Crippen molar-refractivity contribution in [1.29, 1.82) is 0 Å². The molecule has 0 bridgehead atoms. The summed E-state index contributed by atoms with van der Waals surface area (Å²) in [5, 5.41) is 0.715. The van der Waals surface area contributed by atoms with Crippen molar-refractivity contribution in [3.63, 3.8) is 0 Å². The van der Waals surface area contributed by atoms with E-state index in [-0.39, 0.29) is 0 Å². The minimum absolute atomic E-state index is 0.715. The van der Waals surface area contributed by atoms with Gasteiger partial charge in [0.2, 0.25) is 0 Å². The first kappa shape index (κ1) is 18.0. The summed E-state index contributed by atoms with van der Waals surface area (Å²) in [7, 11) is -1.52. The number of thiocarbonyl (C=S) groups is 1. The zero-order chi connectivity index (χ0) is 13.9. The molecule has 0 aliphatic carbocycles. The van der Waals surface area contributed by atoms with E-state index in [1.807, 2.05) is 13.8 Å². The van der Waals surface area contributed by atoms with Gasteiger partial charge in [0, 0.05) is 26.2 Å². The van der Waals surface area contributed by atoms with Crippen LogP contribution in [0.25, 0.3) is 0 Å². The molecule has 108 valence electrons. The molecule has 5 heteroatoms. The summed E-state index contributed by atoms with van der Waals surface area (Å²) in [6.45, 7) is 11.7. The van der Waals surface area contributed by atoms with Gasteiger partial charge in [-0.25, -0.2) is 0 Å². The number of rotatable bonds is 11. The lowest BCUT2D eigenvalue weighted by Crippen LogP contribution is -2.31. The molecule has 0 atom stereocenters. The fourth-order valence-corrected chi connectivity index (χ4v) is 3.43. The molecule has 3 nitrogen and oxygen atoms in total. The van der Waals surface area contributed by atoms with Crippen LogP contribution in [0.4, 0.5) is 0 Å². The third-order valence-electron chi connectivity index (χ3n) is 2.60. The first-order chi connectivity index (χ1) is 8.52. The number of ether oxygens (including phenoxy) is 2. The third kappa shape index (κ3) is 11.1. The predicted octanol–water partition coefficient (Wildman–Crippen LogP) is 3.78. The second kappa shape index (κ2) is 10.9. The van der Waals surface area contributed by atoms with Crippen LogP contribution < -0.4 is 0 Å². The lowest BCUT2D eigenvalue weighted by molar-refractivity contribution is 0.129. The lowest BCUT2D eigenvalue weighted by atomic mass is 10.5. The summed E-state index contributed by atoms with van der Waals surface area (Å²) < 4.78 is 16.7. The van der Waals surface area contributed by atoms with Gasteiger partial charge in [-0.1, -0.05) is 6.92 Å². The van der Waals surface area contributed by atoms with Crippen LogP contribution in [0.5, 0.6) is 0 Å². The standard InChI is InChI=1S/C13H28O3SSi/c1-5-13(17)15-10-8-12-18(3,4)16-11-7-9-14-6-2/h5-12H2,1-4H3. The topological polar surface area (TPSA) is 27.7 Å². The average Bonchev–Trinajstić information content (AvgIpc) is 2.34. The summed E-state index contributed by atoms with van der Waals surface area (Å²) in [4.78, 5) is 0. The maximum atomic E-state index is 5.98. The van der Waals surface area contributed by atoms with Gasteiger partial charge in [-0.15, -0.1) is 0 Å². The Morgan fingerprint density at radius 2 is 1.78 bits per heavy atom. The molecule has 0 rings (SSSR count). The van der Waals surface area contributed by atoms with E-state index in [2.05, 4.69) is 13.1 Å². The molecule has 18 heavy (non-hydrogen) atoms. The molecule has 0 aliphatic heterocycles. The van der Waals surface area contributed by atoms with Crippen molar-refractivity contribution < 1.29 is 13.9 Å². The normalized spacial score (nSPS) is 11.6. The Kier molecular flexibility index (Phi) is 10.9. The Morgan fingerprint density at radius 3 is 2.39 bits per heavy atom. The van der Waals surface area contributed by atoms with Gasteiger partial charge >= 0.3 is 0 Å². The van der Waals surface area contributed by atoms with Crippen molar-refractivity contribution in [3.05, 3.63) is 0 Å². The highest BCUT2D eigenvalue weighted by molar-refractivity contribution is 7.80. The van der Waals surface area contributed by atoms with Gasteiger partial charge in [0.25, 0.3) is 0 Å². The summed E-state index contributed by atoms with van der Waals surface area (Å²) in [5.74, 6) is 0. The van der Waals surface area contributed by atoms with Crippen LogP contribution in [0.2, 0.25) is 19.1 Å². The minimum atomic E-state index is -1.52. The van der Waals surface area contributed by atoms with E-state index in [1.165, 1.54) is 0 Å². The maximum Gasteiger partial charge on any atom is 0.186 e. The molecule has 0 heterocycles. The van der Waals surface area contributed by atoms with Gasteiger partial charge in [0.05, 0.1) is 6.61 Å². The second-order valence-electron chi connectivity index (χ2n) is 4.84. The molecule has 0 N–H and O–H groups in total. The van der Waals surface area contributed by atoms with Crippen molar-refractivity contribution in [3.8, 4) is 0 Å². The SMILES string of the molecule is CCOCCCO[Si](C)(C)CCCOC(=S)CC. The van der Waals surface area contributed by atoms with Crippen LogP contribution in [-0.4, -0.2) is 39.8 Å². The lowest BCUT2D eigenvalue weighted by Gasteiger charge is -2.22. The fraction of sp³-hybridized carbons (Fsp3) is 0.923. The first-order valence-corrected chi connectivity index (χ1v) is 10.4. The van der Waals surface area contributed by atoms with Gasteiger partial charge in [0.15, 0.2) is 13.4 Å². The summed E-state index contributed by atoms with van der Waals surface area (Å²) >= 11 is 5.02. The van der Waals surface area contributed by atoms with E-state index in [4.69, 9.17) is 26.1 Å². The largest absolute Gasteiger partial charge is 0.487 e. The number of hydrogen-bond acceptors (Lipinski definition) is 4. The van der Waals surface area contributed by atoms with Crippen LogP contribution >= 0.6 is 12.2 Å². The molecule has 0 aliphatic rings. The second-order valence-corrected chi connectivity index (χ2v) is 9.60. The highest BCUT2D eigenvalue weighted by Crippen LogP contribution is 2.14. The van der Waals surface area contributed by atoms with Crippen molar-refractivity contribution in [1.82, 2.24) is 0 Å². The summed E-state index contributed by atoms with van der Waals surface area (Å²) in [6.07, 6.45) is 2.84. The monoisotopic (exact) mass is 292 g/mol. The summed E-state index contributed by atoms with van der Waals surface area (Å²) in [6, 6.07) is 1.12. The molecule has 0 aromatic rings. The zero-order valence-electron chi connectivity index (χ0n) is 12.3. The highest BCUT2D eigenvalue weighted by atomic mass is 32.1. The minimum Gasteiger partial charge on any atom is -0.487 e. The molecule has 0 amide bonds. The Balaban J connectivity index is 3.51. The average molecular weight is 293 g/mol. The smallest absolute Gasteiger partial charge is 0.186 e. The molecular formula is C13H28O3SSi. The van der Waals surface area contributed by atoms with E-state index in [0.717, 1.165) is 51.7 Å². The predicted molar refractivity (Wildman–Crippen MR) is 82.8 cm³/mol. The molecule has 0 spiro atoms. The van der Waals surface area contributed by atoms with E-state index in [9.17, 15) is 0 Å². The number of hydrogen-bond donors (Lipinski definition) is 0. The third-order valence-corrected chi connectivity index (χ3v) is 5.55. The molecule has 0 unspecified atom stereocenters. The maximum absolute atomic E-state index is 5.98. The Bertz CT molecular complexity index is 222. The van der Waals surface area contributed by atoms with Crippen molar-refractivity contribution in [2.45, 2.75) is 52.2 Å². The van der Waals surface area contributed by atoms with Crippen LogP contribution in [0.1, 0.15) is 33.1 Å². The molecule has 0 saturated heterocycles. The molecule has 0 fully saturated rings. The van der Waals surface area contributed by atoms with Crippen LogP contribution in [0, 0.1) is 0 Å². The van der Waals surface area contributed by atoms with Crippen molar-refractivity contribution in [2.75, 3.05) is 26.4 Å². The quantitative estimate of drug-likeness (QED) is 0.329. The highest BCUT2D eigenvalue weighted by Gasteiger charge is 2.21. The summed E-state index contributed by atoms with van der Waals surface area (Å²) in [5.41, 5.74) is 0. The van der Waals surface area contributed by atoms with E-state index in [1.54, 1.807) is 0 Å². The van der Waals surface area contributed by atoms with E-state index in [0.29, 0.717) is 5.05 Å². The van der Waals surface area contributed by atoms with Gasteiger partial charge in [-0.2, -0.15) is 0 Å². The van der Waals surface area contributed by atoms with E-state index < -0.39 is 8.32 Å². The molecule has 0 radical (unpaired) electrons. The first-order valence-electron chi connectivity index (χ1n) is 6.89. The van der Waals surface area contributed by atoms with Gasteiger partial charge in [0.1, 0.15) is 0 Å². The van der Waals surface area contributed by atoms with Crippen molar-refractivity contribution in [2.24, 2.45) is 0 Å². The Morgan fingerprint density at radius 1 is 1.06 bits per heavy atom. The van der Waals surface area contributed by atoms with E-state index >= 15 is 0 Å². The van der Waals surface area contributed by atoms with Crippen molar-refractivity contribution >= 4 is 25.6 Å². The zero-order valence-corrected chi connectivity index (χ0v) is 14.1. The molecule has 0 saturated carbocycles. The molecule has 0 aromatic carbocycles. The Labute approximate surface area is 118 Å². The fourth-order valence-electron chi connectivity index (χ4n) is 1.51. The van der Waals surface area contributed by atoms with Crippen LogP contribution in [0.3, 0.4) is 0 Å². The van der Waals surface area contributed by atoms with Gasteiger partial charge < -0.3 is 13.9 Å². The molecular weight excluding hydrogens is 264 g/mol. The molecule has 0 aromatic heterocycles. The van der Waals surface area contributed by atoms with Gasteiger partial charge in [-0.05, 0) is 51.1 Å².